The van der Waals surface area contributed by atoms with Gasteiger partial charge in [0.15, 0.2) is 0 Å². The first-order valence-electron chi connectivity index (χ1n) is 9.01. The molecule has 0 saturated carbocycles. The molecule has 0 aliphatic carbocycles. The van der Waals surface area contributed by atoms with Crippen LogP contribution in [0, 0.1) is 0 Å². The normalized spacial score (nSPS) is 22.3. The number of aliphatic hydroxyl groups is 1. The number of hydrogen-bond acceptors (Lipinski definition) is 6. The third kappa shape index (κ3) is 3.48. The van der Waals surface area contributed by atoms with Gasteiger partial charge in [-0.25, -0.2) is 4.98 Å². The van der Waals surface area contributed by atoms with Gasteiger partial charge in [0.25, 0.3) is 0 Å². The van der Waals surface area contributed by atoms with E-state index in [2.05, 4.69) is 21.2 Å². The van der Waals surface area contributed by atoms with Crippen molar-refractivity contribution >= 4 is 11.5 Å². The number of nitrogens with zero attached hydrogens (tertiary/aromatic N) is 4. The average Bonchev–Trinajstić information content (AvgIpc) is 3.12. The summed E-state index contributed by atoms with van der Waals surface area (Å²) in [5.41, 5.74) is 9.01. The van der Waals surface area contributed by atoms with Gasteiger partial charge in [-0.2, -0.15) is 5.10 Å². The zero-order chi connectivity index (χ0) is 17.2. The lowest BCUT2D eigenvalue weighted by Crippen LogP contribution is -2.38. The van der Waals surface area contributed by atoms with Crippen molar-refractivity contribution in [1.29, 1.82) is 0 Å². The highest BCUT2D eigenvalue weighted by molar-refractivity contribution is 5.79. The van der Waals surface area contributed by atoms with E-state index in [-0.39, 0.29) is 6.10 Å². The Hall–Kier alpha value is -2.12. The summed E-state index contributed by atoms with van der Waals surface area (Å²) in [4.78, 5) is 6.49. The molecule has 7 heteroatoms. The minimum absolute atomic E-state index is 0.291. The van der Waals surface area contributed by atoms with Crippen LogP contribution in [0.25, 0.3) is 11.1 Å². The molecule has 2 fully saturated rings. The van der Waals surface area contributed by atoms with Gasteiger partial charge in [-0.15, -0.1) is 0 Å². The largest absolute Gasteiger partial charge is 0.391 e. The van der Waals surface area contributed by atoms with E-state index in [0.717, 1.165) is 62.3 Å². The van der Waals surface area contributed by atoms with Gasteiger partial charge in [-0.3, -0.25) is 4.68 Å². The second-order valence-corrected chi connectivity index (χ2v) is 6.92. The zero-order valence-corrected chi connectivity index (χ0v) is 14.3. The Labute approximate surface area is 147 Å². The molecule has 4 heterocycles. The first kappa shape index (κ1) is 16.4. The highest BCUT2D eigenvalue weighted by Gasteiger charge is 2.23. The number of rotatable bonds is 3. The number of ether oxygens (including phenoxy) is 1. The molecule has 4 rings (SSSR count). The maximum atomic E-state index is 10.0. The summed E-state index contributed by atoms with van der Waals surface area (Å²) in [5, 5.41) is 14.6. The van der Waals surface area contributed by atoms with Crippen molar-refractivity contribution in [2.45, 2.75) is 37.8 Å². The Morgan fingerprint density at radius 3 is 2.84 bits per heavy atom. The molecule has 0 bridgehead atoms. The van der Waals surface area contributed by atoms with Gasteiger partial charge in [0.2, 0.25) is 0 Å². The van der Waals surface area contributed by atoms with Crippen molar-refractivity contribution in [3.63, 3.8) is 0 Å². The van der Waals surface area contributed by atoms with Crippen molar-refractivity contribution in [2.24, 2.45) is 0 Å². The van der Waals surface area contributed by atoms with Crippen LogP contribution in [-0.2, 0) is 4.74 Å². The van der Waals surface area contributed by atoms with E-state index in [1.54, 1.807) is 0 Å². The number of nitrogen functional groups attached to an aromatic ring is 1. The van der Waals surface area contributed by atoms with Gasteiger partial charge in [0.05, 0.1) is 24.0 Å². The molecule has 2 saturated heterocycles. The first-order chi connectivity index (χ1) is 12.2. The molecule has 7 nitrogen and oxygen atoms in total. The molecule has 0 unspecified atom stereocenters. The third-order valence-corrected chi connectivity index (χ3v) is 5.12. The van der Waals surface area contributed by atoms with Crippen LogP contribution in [0.15, 0.2) is 24.7 Å². The van der Waals surface area contributed by atoms with Gasteiger partial charge in [0.1, 0.15) is 5.82 Å². The second-order valence-electron chi connectivity index (χ2n) is 6.92. The lowest BCUT2D eigenvalue weighted by Gasteiger charge is -2.33. The summed E-state index contributed by atoms with van der Waals surface area (Å²) in [6.07, 6.45) is 9.33. The number of piperidine rings is 1. The highest BCUT2D eigenvalue weighted by atomic mass is 16.5. The molecule has 1 atom stereocenters. The molecule has 25 heavy (non-hydrogen) atoms. The van der Waals surface area contributed by atoms with Crippen LogP contribution >= 0.6 is 0 Å². The Bertz CT molecular complexity index is 726. The van der Waals surface area contributed by atoms with Crippen molar-refractivity contribution in [3.8, 4) is 11.1 Å². The maximum Gasteiger partial charge on any atom is 0.125 e. The average molecular weight is 343 g/mol. The summed E-state index contributed by atoms with van der Waals surface area (Å²) < 4.78 is 7.48. The van der Waals surface area contributed by atoms with E-state index in [1.165, 1.54) is 0 Å². The second kappa shape index (κ2) is 7.01. The molecule has 134 valence electrons. The SMILES string of the molecule is Nc1cc(N2CCC[C@H](O)C2)c(-c2cnn(C3CCOCC3)c2)cn1. The summed E-state index contributed by atoms with van der Waals surface area (Å²) in [7, 11) is 0. The molecular weight excluding hydrogens is 318 g/mol. The monoisotopic (exact) mass is 343 g/mol. The molecule has 0 amide bonds. The Morgan fingerprint density at radius 2 is 2.04 bits per heavy atom. The van der Waals surface area contributed by atoms with Crippen LogP contribution in [0.2, 0.25) is 0 Å². The summed E-state index contributed by atoms with van der Waals surface area (Å²) >= 11 is 0. The number of β-amino-alcohol motifs (C(OH)–C–C–N with tert-alkyl or cyclic N) is 1. The van der Waals surface area contributed by atoms with Crippen LogP contribution in [0.5, 0.6) is 0 Å². The fraction of sp³-hybridized carbons (Fsp3) is 0.556. The Morgan fingerprint density at radius 1 is 1.20 bits per heavy atom. The lowest BCUT2D eigenvalue weighted by molar-refractivity contribution is 0.0662. The molecule has 2 aliphatic heterocycles. The molecule has 2 aromatic rings. The predicted molar refractivity (Wildman–Crippen MR) is 96.4 cm³/mol. The molecule has 0 aromatic carbocycles. The molecular formula is C18H25N5O2. The Balaban J connectivity index is 1.64. The molecule has 0 radical (unpaired) electrons. The summed E-state index contributed by atoms with van der Waals surface area (Å²) in [5.74, 6) is 0.496. The minimum atomic E-state index is -0.291. The van der Waals surface area contributed by atoms with E-state index < -0.39 is 0 Å². The molecule has 2 aliphatic rings. The number of anilines is 2. The quantitative estimate of drug-likeness (QED) is 0.884. The first-order valence-corrected chi connectivity index (χ1v) is 9.01. The fourth-order valence-corrected chi connectivity index (χ4v) is 3.74. The van der Waals surface area contributed by atoms with Crippen molar-refractivity contribution in [1.82, 2.24) is 14.8 Å². The Kier molecular flexibility index (Phi) is 4.59. The smallest absolute Gasteiger partial charge is 0.125 e. The summed E-state index contributed by atoms with van der Waals surface area (Å²) in [6.45, 7) is 3.13. The molecule has 2 aromatic heterocycles. The van der Waals surface area contributed by atoms with E-state index in [4.69, 9.17) is 10.5 Å². The number of aromatic nitrogens is 3. The fourth-order valence-electron chi connectivity index (χ4n) is 3.74. The number of pyridine rings is 1. The van der Waals surface area contributed by atoms with Crippen molar-refractivity contribution in [3.05, 3.63) is 24.7 Å². The van der Waals surface area contributed by atoms with Crippen molar-refractivity contribution < 1.29 is 9.84 Å². The van der Waals surface area contributed by atoms with Gasteiger partial charge in [-0.05, 0) is 25.7 Å². The minimum Gasteiger partial charge on any atom is -0.391 e. The number of hydrogen-bond donors (Lipinski definition) is 2. The van der Waals surface area contributed by atoms with E-state index >= 15 is 0 Å². The van der Waals surface area contributed by atoms with Crippen molar-refractivity contribution in [2.75, 3.05) is 36.9 Å². The maximum absolute atomic E-state index is 10.0. The predicted octanol–water partition coefficient (Wildman–Crippen LogP) is 1.84. The zero-order valence-electron chi connectivity index (χ0n) is 14.3. The van der Waals surface area contributed by atoms with Crippen LogP contribution in [-0.4, -0.2) is 52.3 Å². The van der Waals surface area contributed by atoms with Crippen LogP contribution in [0.1, 0.15) is 31.7 Å². The summed E-state index contributed by atoms with van der Waals surface area (Å²) in [6, 6.07) is 2.30. The van der Waals surface area contributed by atoms with E-state index in [9.17, 15) is 5.11 Å². The van der Waals surface area contributed by atoms with Gasteiger partial charge >= 0.3 is 0 Å². The van der Waals surface area contributed by atoms with Gasteiger partial charge in [0, 0.05) is 55.9 Å². The number of nitrogens with two attached hydrogens (primary N) is 1. The van der Waals surface area contributed by atoms with Crippen LogP contribution in [0.4, 0.5) is 11.5 Å². The van der Waals surface area contributed by atoms with Crippen LogP contribution < -0.4 is 10.6 Å². The van der Waals surface area contributed by atoms with Gasteiger partial charge < -0.3 is 20.5 Å². The number of aliphatic hydroxyl groups excluding tert-OH is 1. The molecule has 0 spiro atoms. The van der Waals surface area contributed by atoms with E-state index in [1.807, 2.05) is 23.1 Å². The highest BCUT2D eigenvalue weighted by Crippen LogP contribution is 2.34. The standard InChI is InChI=1S/C18H25N5O2/c19-18-8-17(22-5-1-2-15(24)12-22)16(10-20-18)13-9-21-23(11-13)14-3-6-25-7-4-14/h8-11,14-15,24H,1-7,12H2,(H2,19,20)/t15-/m0/s1. The van der Waals surface area contributed by atoms with Crippen LogP contribution in [0.3, 0.4) is 0 Å². The lowest BCUT2D eigenvalue weighted by atomic mass is 10.0. The third-order valence-electron chi connectivity index (χ3n) is 5.12. The molecule has 3 N–H and O–H groups in total. The topological polar surface area (TPSA) is 89.4 Å². The van der Waals surface area contributed by atoms with Gasteiger partial charge in [-0.1, -0.05) is 0 Å². The van der Waals surface area contributed by atoms with E-state index in [0.29, 0.717) is 18.4 Å².